The van der Waals surface area contributed by atoms with Gasteiger partial charge in [-0.15, -0.1) is 0 Å². The van der Waals surface area contributed by atoms with E-state index < -0.39 is 34.1 Å². The van der Waals surface area contributed by atoms with Gasteiger partial charge in [0.15, 0.2) is 0 Å². The lowest BCUT2D eigenvalue weighted by Gasteiger charge is -2.03. The number of hydrogen-bond acceptors (Lipinski definition) is 1. The summed E-state index contributed by atoms with van der Waals surface area (Å²) in [6.45, 7) is 0. The van der Waals surface area contributed by atoms with Gasteiger partial charge in [0, 0.05) is 7.05 Å². The Morgan fingerprint density at radius 2 is 1.67 bits per heavy atom. The first-order valence-corrected chi connectivity index (χ1v) is 4.65. The first-order chi connectivity index (χ1) is 7.68. The molecule has 0 saturated carbocycles. The third-order valence-corrected chi connectivity index (χ3v) is 4.04. The van der Waals surface area contributed by atoms with E-state index in [0.717, 1.165) is 7.05 Å². The van der Waals surface area contributed by atoms with E-state index in [-0.39, 0.29) is 0 Å². The lowest BCUT2D eigenvalue weighted by molar-refractivity contribution is 1.44. The van der Waals surface area contributed by atoms with Crippen molar-refractivity contribution >= 4 is 34.1 Å². The van der Waals surface area contributed by atoms with Crippen molar-refractivity contribution in [2.24, 2.45) is 18.3 Å². The van der Waals surface area contributed by atoms with Gasteiger partial charge in [-0.2, -0.15) is 0 Å². The minimum Gasteiger partial charge on any atom is -0.246 e. The van der Waals surface area contributed by atoms with Gasteiger partial charge in [0.1, 0.15) is 0 Å². The second kappa shape index (κ2) is 4.69. The molecule has 0 unspecified atom stereocenters. The Bertz CT molecular complexity index is 421. The average molecular weight is 213 g/mol. The van der Waals surface area contributed by atoms with E-state index in [9.17, 15) is 0 Å². The SMILES string of the molecule is [2H]P([2H])([2H])=NP(N=P([2H])([2H])[2H])(N=P([2H])([2H])[2H])=NC. The van der Waals surface area contributed by atoms with Crippen LogP contribution in [-0.4, -0.2) is 18.6 Å². The maximum atomic E-state index is 7.09. The molecular weight excluding hydrogens is 192 g/mol. The lowest BCUT2D eigenvalue weighted by Crippen LogP contribution is -1.57. The highest BCUT2D eigenvalue weighted by Gasteiger charge is 2.05. The smallest absolute Gasteiger partial charge is 0.246 e. The highest BCUT2D eigenvalue weighted by molar-refractivity contribution is 7.68. The van der Waals surface area contributed by atoms with Crippen LogP contribution in [0.3, 0.4) is 0 Å². The maximum Gasteiger partial charge on any atom is 0.293 e. The van der Waals surface area contributed by atoms with Crippen molar-refractivity contribution in [3.63, 3.8) is 0 Å². The van der Waals surface area contributed by atoms with Crippen molar-refractivity contribution in [3.8, 4) is 0 Å². The van der Waals surface area contributed by atoms with Crippen molar-refractivity contribution in [1.29, 1.82) is 11.5 Å². The summed E-state index contributed by atoms with van der Waals surface area (Å²) in [6.07, 6.45) is 0. The predicted molar refractivity (Wildman–Crippen MR) is 55.9 cm³/mol. The molecule has 0 aromatic rings. The first-order valence-electron chi connectivity index (χ1n) is 5.87. The fourth-order valence-electron chi connectivity index (χ4n) is 0.174. The minimum absolute atomic E-state index is 1.09. The zero-order valence-corrected chi connectivity index (χ0v) is 8.16. The van der Waals surface area contributed by atoms with Gasteiger partial charge in [-0.25, -0.2) is 18.3 Å². The third-order valence-electron chi connectivity index (χ3n) is 0.628. The zero-order valence-electron chi connectivity index (χ0n) is 13.6. The van der Waals surface area contributed by atoms with Gasteiger partial charge in [-0.1, -0.05) is 26.6 Å². The Morgan fingerprint density at radius 3 is 1.89 bits per heavy atom. The van der Waals surface area contributed by atoms with Gasteiger partial charge < -0.3 is 0 Å². The Labute approximate surface area is 72.1 Å². The summed E-state index contributed by atoms with van der Waals surface area (Å²) in [7, 11) is -14.9. The predicted octanol–water partition coefficient (Wildman–Crippen LogP) is 1.94. The second-order valence-electron chi connectivity index (χ2n) is 1.00. The highest BCUT2D eigenvalue weighted by atomic mass is 31.2. The fourth-order valence-corrected chi connectivity index (χ4v) is 2.53. The van der Waals surface area contributed by atoms with Crippen molar-refractivity contribution < 1.29 is 0 Å². The van der Waals surface area contributed by atoms with Gasteiger partial charge in [0.05, 0.1) is 11.5 Å². The molecule has 0 rings (SSSR count). The lowest BCUT2D eigenvalue weighted by atomic mass is 11.6. The molecule has 0 fully saturated rings. The van der Waals surface area contributed by atoms with Gasteiger partial charge in [0.2, 0.25) is 0 Å². The van der Waals surface area contributed by atoms with Crippen LogP contribution in [-0.2, 0) is 0 Å². The summed E-state index contributed by atoms with van der Waals surface area (Å²) in [5, 5.41) is 0. The van der Waals surface area contributed by atoms with E-state index in [1.165, 1.54) is 0 Å². The topological polar surface area (TPSA) is 49.4 Å². The molecule has 0 aliphatic heterocycles. The van der Waals surface area contributed by atoms with Gasteiger partial charge in [-0.05, 0) is 0 Å². The van der Waals surface area contributed by atoms with Gasteiger partial charge >= 0.3 is 0 Å². The Hall–Kier alpha value is 0.920. The van der Waals surface area contributed by atoms with Crippen molar-refractivity contribution in [2.75, 3.05) is 7.05 Å². The molecule has 0 spiro atoms. The molecule has 0 atom stereocenters. The van der Waals surface area contributed by atoms with Crippen molar-refractivity contribution in [2.45, 2.75) is 0 Å². The van der Waals surface area contributed by atoms with E-state index in [0.29, 0.717) is 0 Å². The molecule has 0 aliphatic rings. The quantitative estimate of drug-likeness (QED) is 0.643. The molecule has 0 radical (unpaired) electrons. The molecule has 4 nitrogen and oxygen atoms in total. The number of rotatable bonds is 3. The molecule has 0 N–H and O–H groups in total. The largest absolute Gasteiger partial charge is 0.293 e. The van der Waals surface area contributed by atoms with Crippen LogP contribution in [0.1, 0.15) is 0 Å². The van der Waals surface area contributed by atoms with Crippen LogP contribution in [0.2, 0.25) is 0 Å². The monoisotopic (exact) mass is 213 g/mol. The molecular formula is CH12N4P4. The van der Waals surface area contributed by atoms with Gasteiger partial charge in [0.25, 0.3) is 7.51 Å². The van der Waals surface area contributed by atoms with Crippen LogP contribution >= 0.6 is 34.1 Å². The summed E-state index contributed by atoms with van der Waals surface area (Å²) in [5.74, 6) is 0. The molecule has 0 aromatic heterocycles. The molecule has 0 aromatic carbocycles. The molecule has 8 heteroatoms. The van der Waals surface area contributed by atoms with Crippen LogP contribution in [0.5, 0.6) is 0 Å². The second-order valence-corrected chi connectivity index (χ2v) is 4.62. The molecule has 0 bridgehead atoms. The summed E-state index contributed by atoms with van der Waals surface area (Å²) in [6, 6.07) is 0. The van der Waals surface area contributed by atoms with Crippen molar-refractivity contribution in [3.05, 3.63) is 0 Å². The van der Waals surface area contributed by atoms with Crippen LogP contribution in [0.25, 0.3) is 0 Å². The van der Waals surface area contributed by atoms with Crippen molar-refractivity contribution in [1.82, 2.24) is 0 Å². The van der Waals surface area contributed by atoms with Crippen LogP contribution in [0.4, 0.5) is 0 Å². The zero-order chi connectivity index (χ0) is 14.8. The Kier molecular flexibility index (Phi) is 1.28. The summed E-state index contributed by atoms with van der Waals surface area (Å²) in [4.78, 5) is 0. The average Bonchev–Trinajstić information content (AvgIpc) is 1.93. The summed E-state index contributed by atoms with van der Waals surface area (Å²) >= 11 is 0. The minimum atomic E-state index is -4.05. The maximum absolute atomic E-state index is 7.09. The van der Waals surface area contributed by atoms with E-state index >= 15 is 0 Å². The summed E-state index contributed by atoms with van der Waals surface area (Å²) in [5.41, 5.74) is 0. The van der Waals surface area contributed by atoms with Crippen LogP contribution < -0.4 is 0 Å². The Balaban J connectivity index is 6.40. The third kappa shape index (κ3) is 2.56. The van der Waals surface area contributed by atoms with E-state index in [2.05, 4.69) is 18.3 Å². The Morgan fingerprint density at radius 1 is 1.22 bits per heavy atom. The summed E-state index contributed by atoms with van der Waals surface area (Å²) < 4.78 is 77.2. The molecule has 0 saturated heterocycles. The molecule has 56 valence electrons. The fraction of sp³-hybridized carbons (Fsp3) is 1.00. The number of hydrogen-bond donors (Lipinski definition) is 0. The normalized spacial score (nSPS) is 29.2. The molecule has 9 heavy (non-hydrogen) atoms. The molecule has 0 aliphatic carbocycles. The molecule has 0 amide bonds. The highest BCUT2D eigenvalue weighted by Crippen LogP contribution is 2.56. The standard InChI is InChI=1S/CH12N4P4/c1-2-9(3-6,4-7)5-8/h1,6-8H3/i6D3,7D3,8D3. The first kappa shape index (κ1) is 2.46. The van der Waals surface area contributed by atoms with E-state index in [4.69, 9.17) is 11.5 Å². The van der Waals surface area contributed by atoms with E-state index in [1.807, 2.05) is 0 Å². The molecule has 0 heterocycles. The van der Waals surface area contributed by atoms with Crippen LogP contribution in [0, 0.1) is 0 Å². The van der Waals surface area contributed by atoms with E-state index in [1.54, 1.807) is 0 Å². The van der Waals surface area contributed by atoms with Crippen LogP contribution in [0.15, 0.2) is 18.3 Å². The number of nitrogens with zero attached hydrogens (tertiary/aromatic N) is 4. The van der Waals surface area contributed by atoms with Gasteiger partial charge in [-0.3, -0.25) is 0 Å².